The molecule has 2 aromatic carbocycles. The zero-order valence-corrected chi connectivity index (χ0v) is 15.4. The maximum Gasteiger partial charge on any atom is 0.280 e. The Kier molecular flexibility index (Phi) is 4.12. The number of carbonyl (C=O) groups excluding carboxylic acids is 1. The molecule has 132 valence electrons. The molecule has 6 heteroatoms. The summed E-state index contributed by atoms with van der Waals surface area (Å²) in [6.07, 6.45) is 0.666. The number of hydrazine groups is 1. The van der Waals surface area contributed by atoms with E-state index in [1.54, 1.807) is 5.01 Å². The highest BCUT2D eigenvalue weighted by molar-refractivity contribution is 7.20. The van der Waals surface area contributed by atoms with Crippen LogP contribution in [0.5, 0.6) is 0 Å². The van der Waals surface area contributed by atoms with Gasteiger partial charge >= 0.3 is 0 Å². The van der Waals surface area contributed by atoms with Gasteiger partial charge in [-0.2, -0.15) is 0 Å². The van der Waals surface area contributed by atoms with Gasteiger partial charge in [-0.1, -0.05) is 60.6 Å². The number of nitrogens with zero attached hydrogens (tertiary/aromatic N) is 2. The zero-order chi connectivity index (χ0) is 18.1. The SMILES string of the molecule is CCC1(C)ON=C(c2ccccc2)N1NC(=O)c1cc2ccccc2s1. The molecule has 0 saturated heterocycles. The van der Waals surface area contributed by atoms with Crippen molar-refractivity contribution < 1.29 is 9.63 Å². The molecule has 2 heterocycles. The third kappa shape index (κ3) is 2.82. The first-order valence-electron chi connectivity index (χ1n) is 8.52. The van der Waals surface area contributed by atoms with E-state index in [9.17, 15) is 4.79 Å². The third-order valence-corrected chi connectivity index (χ3v) is 5.68. The fraction of sp³-hybridized carbons (Fsp3) is 0.200. The minimum Gasteiger partial charge on any atom is -0.364 e. The molecule has 0 bridgehead atoms. The van der Waals surface area contributed by atoms with Gasteiger partial charge in [-0.05, 0) is 24.4 Å². The van der Waals surface area contributed by atoms with E-state index in [-0.39, 0.29) is 5.91 Å². The van der Waals surface area contributed by atoms with Crippen molar-refractivity contribution in [3.8, 4) is 0 Å². The van der Waals surface area contributed by atoms with Crippen LogP contribution in [0.2, 0.25) is 0 Å². The number of hydrogen-bond acceptors (Lipinski definition) is 5. The molecule has 0 aliphatic carbocycles. The van der Waals surface area contributed by atoms with Gasteiger partial charge < -0.3 is 4.84 Å². The highest BCUT2D eigenvalue weighted by atomic mass is 32.1. The van der Waals surface area contributed by atoms with E-state index in [2.05, 4.69) is 10.6 Å². The number of amides is 1. The van der Waals surface area contributed by atoms with Crippen LogP contribution in [0.15, 0.2) is 65.8 Å². The Morgan fingerprint density at radius 3 is 2.65 bits per heavy atom. The first-order valence-corrected chi connectivity index (χ1v) is 9.34. The Balaban J connectivity index is 1.64. The van der Waals surface area contributed by atoms with Crippen molar-refractivity contribution in [1.29, 1.82) is 0 Å². The van der Waals surface area contributed by atoms with E-state index >= 15 is 0 Å². The quantitative estimate of drug-likeness (QED) is 0.747. The number of carbonyl (C=O) groups is 1. The monoisotopic (exact) mass is 365 g/mol. The summed E-state index contributed by atoms with van der Waals surface area (Å²) < 4.78 is 1.09. The van der Waals surface area contributed by atoms with Crippen LogP contribution in [-0.2, 0) is 4.84 Å². The number of amidine groups is 1. The summed E-state index contributed by atoms with van der Waals surface area (Å²) in [7, 11) is 0. The number of benzene rings is 2. The summed E-state index contributed by atoms with van der Waals surface area (Å²) in [6.45, 7) is 3.92. The van der Waals surface area contributed by atoms with Crippen LogP contribution >= 0.6 is 11.3 Å². The second-order valence-corrected chi connectivity index (χ2v) is 7.41. The largest absolute Gasteiger partial charge is 0.364 e. The average molecular weight is 365 g/mol. The van der Waals surface area contributed by atoms with Crippen molar-refractivity contribution in [3.05, 3.63) is 71.1 Å². The van der Waals surface area contributed by atoms with Crippen LogP contribution in [0.1, 0.15) is 35.5 Å². The molecule has 0 spiro atoms. The summed E-state index contributed by atoms with van der Waals surface area (Å²) in [6, 6.07) is 19.6. The lowest BCUT2D eigenvalue weighted by molar-refractivity contribution is -0.0992. The minimum absolute atomic E-state index is 0.167. The minimum atomic E-state index is -0.725. The standard InChI is InChI=1S/C20H19N3O2S/c1-3-20(2)23(18(22-25-20)14-9-5-4-6-10-14)21-19(24)17-13-15-11-7-8-12-16(15)26-17/h4-13H,3H2,1-2H3,(H,21,24). The molecule has 26 heavy (non-hydrogen) atoms. The highest BCUT2D eigenvalue weighted by Crippen LogP contribution is 2.30. The van der Waals surface area contributed by atoms with Crippen molar-refractivity contribution in [3.63, 3.8) is 0 Å². The van der Waals surface area contributed by atoms with E-state index in [1.165, 1.54) is 11.3 Å². The second-order valence-electron chi connectivity index (χ2n) is 6.33. The van der Waals surface area contributed by atoms with E-state index in [4.69, 9.17) is 4.84 Å². The molecule has 1 aliphatic heterocycles. The number of nitrogens with one attached hydrogen (secondary N) is 1. The molecule has 1 N–H and O–H groups in total. The van der Waals surface area contributed by atoms with E-state index in [0.29, 0.717) is 17.1 Å². The van der Waals surface area contributed by atoms with Crippen molar-refractivity contribution >= 4 is 33.2 Å². The lowest BCUT2D eigenvalue weighted by Crippen LogP contribution is -2.55. The van der Waals surface area contributed by atoms with Gasteiger partial charge in [0.1, 0.15) is 0 Å². The lowest BCUT2D eigenvalue weighted by atomic mass is 10.1. The fourth-order valence-electron chi connectivity index (χ4n) is 2.86. The summed E-state index contributed by atoms with van der Waals surface area (Å²) in [4.78, 5) is 19.2. The predicted octanol–water partition coefficient (Wildman–Crippen LogP) is 4.37. The molecule has 4 rings (SSSR count). The maximum absolute atomic E-state index is 12.9. The Bertz CT molecular complexity index is 950. The van der Waals surface area contributed by atoms with E-state index < -0.39 is 5.72 Å². The molecule has 5 nitrogen and oxygen atoms in total. The second kappa shape index (κ2) is 6.46. The van der Waals surface area contributed by atoms with Gasteiger partial charge in [0.2, 0.25) is 5.72 Å². The van der Waals surface area contributed by atoms with Gasteiger partial charge in [-0.25, -0.2) is 5.01 Å². The van der Waals surface area contributed by atoms with E-state index in [1.807, 2.05) is 74.5 Å². The average Bonchev–Trinajstić information content (AvgIpc) is 3.25. The summed E-state index contributed by atoms with van der Waals surface area (Å²) >= 11 is 1.47. The normalized spacial score (nSPS) is 19.3. The molecule has 1 aromatic heterocycles. The smallest absolute Gasteiger partial charge is 0.280 e. The summed E-state index contributed by atoms with van der Waals surface area (Å²) in [5, 5.41) is 7.03. The van der Waals surface area contributed by atoms with Gasteiger partial charge in [0.25, 0.3) is 5.91 Å². The number of oxime groups is 1. The molecule has 3 aromatic rings. The maximum atomic E-state index is 12.9. The topological polar surface area (TPSA) is 53.9 Å². The van der Waals surface area contributed by atoms with Crippen molar-refractivity contribution in [2.24, 2.45) is 5.16 Å². The van der Waals surface area contributed by atoms with Gasteiger partial charge in [0.05, 0.1) is 4.88 Å². The Labute approximate surface area is 155 Å². The zero-order valence-electron chi connectivity index (χ0n) is 14.6. The number of hydrogen-bond donors (Lipinski definition) is 1. The van der Waals surface area contributed by atoms with Gasteiger partial charge in [0.15, 0.2) is 5.84 Å². The van der Waals surface area contributed by atoms with Crippen LogP contribution in [-0.4, -0.2) is 22.5 Å². The fourth-order valence-corrected chi connectivity index (χ4v) is 3.81. The Morgan fingerprint density at radius 1 is 1.19 bits per heavy atom. The number of rotatable bonds is 4. The molecule has 0 saturated carbocycles. The third-order valence-electron chi connectivity index (χ3n) is 4.56. The Morgan fingerprint density at radius 2 is 1.92 bits per heavy atom. The van der Waals surface area contributed by atoms with Crippen molar-refractivity contribution in [1.82, 2.24) is 10.4 Å². The lowest BCUT2D eigenvalue weighted by Gasteiger charge is -2.33. The summed E-state index contributed by atoms with van der Waals surface area (Å²) in [5.74, 6) is 0.435. The molecular weight excluding hydrogens is 346 g/mol. The first kappa shape index (κ1) is 16.6. The molecule has 0 fully saturated rings. The molecule has 0 radical (unpaired) electrons. The Hall–Kier alpha value is -2.86. The van der Waals surface area contributed by atoms with E-state index in [0.717, 1.165) is 15.6 Å². The van der Waals surface area contributed by atoms with Crippen LogP contribution in [0.25, 0.3) is 10.1 Å². The number of thiophene rings is 1. The van der Waals surface area contributed by atoms with Gasteiger partial charge in [0, 0.05) is 16.7 Å². The van der Waals surface area contributed by atoms with Gasteiger partial charge in [-0.15, -0.1) is 11.3 Å². The summed E-state index contributed by atoms with van der Waals surface area (Å²) in [5.41, 5.74) is 3.16. The molecule has 1 unspecified atom stereocenters. The predicted molar refractivity (Wildman–Crippen MR) is 104 cm³/mol. The van der Waals surface area contributed by atoms with Crippen LogP contribution < -0.4 is 5.43 Å². The van der Waals surface area contributed by atoms with Gasteiger partial charge in [-0.3, -0.25) is 10.2 Å². The van der Waals surface area contributed by atoms with Crippen molar-refractivity contribution in [2.75, 3.05) is 0 Å². The molecular formula is C20H19N3O2S. The highest BCUT2D eigenvalue weighted by Gasteiger charge is 2.42. The first-order chi connectivity index (χ1) is 12.6. The van der Waals surface area contributed by atoms with Crippen molar-refractivity contribution in [2.45, 2.75) is 26.0 Å². The van der Waals surface area contributed by atoms with Crippen LogP contribution in [0.4, 0.5) is 0 Å². The van der Waals surface area contributed by atoms with Crippen LogP contribution in [0.3, 0.4) is 0 Å². The molecule has 1 amide bonds. The number of fused-ring (bicyclic) bond motifs is 1. The van der Waals surface area contributed by atoms with Crippen LogP contribution in [0, 0.1) is 0 Å². The molecule has 1 aliphatic rings. The molecule has 1 atom stereocenters.